The lowest BCUT2D eigenvalue weighted by atomic mass is 9.94. The Labute approximate surface area is 294 Å². The highest BCUT2D eigenvalue weighted by Gasteiger charge is 2.35. The summed E-state index contributed by atoms with van der Waals surface area (Å²) in [5.41, 5.74) is 2.98. The molecular weight excluding hydrogens is 742 g/mol. The minimum absolute atomic E-state index is 0.0403. The van der Waals surface area contributed by atoms with E-state index in [4.69, 9.17) is 0 Å². The first-order valence-corrected chi connectivity index (χ1v) is 18.9. The van der Waals surface area contributed by atoms with Crippen LogP contribution in [0.3, 0.4) is 0 Å². The zero-order valence-electron chi connectivity index (χ0n) is 26.3. The largest absolute Gasteiger partial charge is 0.352 e. The molecule has 1 aliphatic rings. The number of sulfonamides is 1. The Morgan fingerprint density at radius 1 is 0.809 bits per heavy atom. The molecule has 7 nitrogen and oxygen atoms in total. The van der Waals surface area contributed by atoms with Gasteiger partial charge in [0.15, 0.2) is 0 Å². The van der Waals surface area contributed by atoms with Gasteiger partial charge in [0.2, 0.25) is 11.8 Å². The van der Waals surface area contributed by atoms with Crippen molar-refractivity contribution in [2.75, 3.05) is 10.8 Å². The van der Waals surface area contributed by atoms with E-state index in [1.165, 1.54) is 0 Å². The number of hydrogen-bond acceptors (Lipinski definition) is 4. The first-order valence-electron chi connectivity index (χ1n) is 15.8. The van der Waals surface area contributed by atoms with Crippen molar-refractivity contribution in [3.63, 3.8) is 0 Å². The van der Waals surface area contributed by atoms with Crippen LogP contribution in [0.4, 0.5) is 5.69 Å². The number of halogens is 2. The Morgan fingerprint density at radius 3 is 2.13 bits per heavy atom. The summed E-state index contributed by atoms with van der Waals surface area (Å²) in [4.78, 5) is 30.5. The van der Waals surface area contributed by atoms with Crippen LogP contribution in [0.25, 0.3) is 0 Å². The van der Waals surface area contributed by atoms with Crippen LogP contribution in [0.15, 0.2) is 117 Å². The summed E-state index contributed by atoms with van der Waals surface area (Å²) in [6.07, 6.45) is 5.32. The van der Waals surface area contributed by atoms with Gasteiger partial charge in [0.05, 0.1) is 10.6 Å². The molecule has 0 heterocycles. The Bertz CT molecular complexity index is 1760. The standard InChI is InChI=1S/C37H39Br2N3O4S/c1-27-15-21-34(22-16-27)47(45,46)42(33-19-17-30(38)18-20-33)26-36(43)41(25-29-11-8-12-31(39)23-29)35(24-28-9-4-2-5-10-28)37(44)40-32-13-6-3-7-14-32/h2,4-5,8-12,15-23,32,35H,3,6-7,13-14,24-26H2,1H3,(H,40,44)/t35-/m1/s1. The zero-order valence-corrected chi connectivity index (χ0v) is 30.3. The molecule has 0 bridgehead atoms. The second kappa shape index (κ2) is 16.1. The highest BCUT2D eigenvalue weighted by Crippen LogP contribution is 2.27. The molecule has 10 heteroatoms. The van der Waals surface area contributed by atoms with Crippen molar-refractivity contribution in [1.29, 1.82) is 0 Å². The van der Waals surface area contributed by atoms with E-state index >= 15 is 0 Å². The lowest BCUT2D eigenvalue weighted by Gasteiger charge is -2.35. The van der Waals surface area contributed by atoms with Crippen LogP contribution in [-0.2, 0) is 32.6 Å². The molecule has 47 heavy (non-hydrogen) atoms. The van der Waals surface area contributed by atoms with Gasteiger partial charge in [-0.05, 0) is 79.4 Å². The van der Waals surface area contributed by atoms with E-state index in [1.807, 2.05) is 61.5 Å². The SMILES string of the molecule is Cc1ccc(S(=O)(=O)N(CC(=O)N(Cc2cccc(Br)c2)[C@H](Cc2ccccc2)C(=O)NC2CCCCC2)c2ccc(Br)cc2)cc1. The number of amides is 2. The highest BCUT2D eigenvalue weighted by molar-refractivity contribution is 9.10. The molecule has 1 aliphatic carbocycles. The van der Waals surface area contributed by atoms with Gasteiger partial charge in [-0.3, -0.25) is 13.9 Å². The molecule has 4 aromatic carbocycles. The molecule has 2 amide bonds. The Kier molecular flexibility index (Phi) is 11.9. The third-order valence-corrected chi connectivity index (χ3v) is 11.3. The number of aryl methyl sites for hydroxylation is 1. The summed E-state index contributed by atoms with van der Waals surface area (Å²) in [6, 6.07) is 29.8. The molecule has 1 fully saturated rings. The lowest BCUT2D eigenvalue weighted by Crippen LogP contribution is -2.55. The van der Waals surface area contributed by atoms with Gasteiger partial charge in [-0.25, -0.2) is 8.42 Å². The molecule has 5 rings (SSSR count). The molecule has 0 spiro atoms. The highest BCUT2D eigenvalue weighted by atomic mass is 79.9. The van der Waals surface area contributed by atoms with Crippen molar-refractivity contribution in [2.24, 2.45) is 0 Å². The third kappa shape index (κ3) is 9.33. The van der Waals surface area contributed by atoms with E-state index in [1.54, 1.807) is 53.4 Å². The molecule has 246 valence electrons. The normalized spacial score (nSPS) is 14.3. The summed E-state index contributed by atoms with van der Waals surface area (Å²) in [6.45, 7) is 1.51. The number of benzene rings is 4. The maximum atomic E-state index is 14.7. The molecule has 0 aliphatic heterocycles. The van der Waals surface area contributed by atoms with Crippen molar-refractivity contribution in [3.8, 4) is 0 Å². The lowest BCUT2D eigenvalue weighted by molar-refractivity contribution is -0.140. The first kappa shape index (κ1) is 34.9. The van der Waals surface area contributed by atoms with Crippen LogP contribution in [0, 0.1) is 6.92 Å². The molecule has 0 unspecified atom stereocenters. The summed E-state index contributed by atoms with van der Waals surface area (Å²) in [5.74, 6) is -0.719. The van der Waals surface area contributed by atoms with Gasteiger partial charge < -0.3 is 10.2 Å². The number of anilines is 1. The number of carbonyl (C=O) groups is 2. The second-order valence-electron chi connectivity index (χ2n) is 12.0. The number of nitrogens with one attached hydrogen (secondary N) is 1. The zero-order chi connectivity index (χ0) is 33.4. The van der Waals surface area contributed by atoms with Crippen molar-refractivity contribution < 1.29 is 18.0 Å². The van der Waals surface area contributed by atoms with Crippen LogP contribution in [0.2, 0.25) is 0 Å². The van der Waals surface area contributed by atoms with Gasteiger partial charge in [-0.1, -0.05) is 111 Å². The van der Waals surface area contributed by atoms with Gasteiger partial charge in [0, 0.05) is 28.0 Å². The summed E-state index contributed by atoms with van der Waals surface area (Å²) in [7, 11) is -4.16. The third-order valence-electron chi connectivity index (χ3n) is 8.47. The van der Waals surface area contributed by atoms with E-state index in [0.29, 0.717) is 5.69 Å². The Hall–Kier alpha value is -3.47. The predicted octanol–water partition coefficient (Wildman–Crippen LogP) is 7.80. The number of rotatable bonds is 12. The van der Waals surface area contributed by atoms with Crippen LogP contribution in [-0.4, -0.2) is 43.8 Å². The summed E-state index contributed by atoms with van der Waals surface area (Å²) in [5, 5.41) is 3.25. The van der Waals surface area contributed by atoms with Crippen LogP contribution >= 0.6 is 31.9 Å². The molecule has 1 N–H and O–H groups in total. The van der Waals surface area contributed by atoms with Crippen LogP contribution < -0.4 is 9.62 Å². The van der Waals surface area contributed by atoms with E-state index in [9.17, 15) is 18.0 Å². The quantitative estimate of drug-likeness (QED) is 0.159. The fourth-order valence-corrected chi connectivity index (χ4v) is 8.03. The first-order chi connectivity index (χ1) is 22.6. The van der Waals surface area contributed by atoms with E-state index < -0.39 is 28.5 Å². The predicted molar refractivity (Wildman–Crippen MR) is 193 cm³/mol. The van der Waals surface area contributed by atoms with Crippen molar-refractivity contribution in [3.05, 3.63) is 129 Å². The topological polar surface area (TPSA) is 86.8 Å². The van der Waals surface area contributed by atoms with Crippen LogP contribution in [0.1, 0.15) is 48.8 Å². The fraction of sp³-hybridized carbons (Fsp3) is 0.297. The van der Waals surface area contributed by atoms with E-state index in [2.05, 4.69) is 37.2 Å². The maximum Gasteiger partial charge on any atom is 0.264 e. The van der Waals surface area contributed by atoms with Crippen LogP contribution in [0.5, 0.6) is 0 Å². The Balaban J connectivity index is 1.56. The monoisotopic (exact) mass is 779 g/mol. The van der Waals surface area contributed by atoms with E-state index in [-0.39, 0.29) is 29.8 Å². The van der Waals surface area contributed by atoms with Gasteiger partial charge in [0.1, 0.15) is 12.6 Å². The molecule has 1 saturated carbocycles. The molecular formula is C37H39Br2N3O4S. The molecule has 0 saturated heterocycles. The number of nitrogens with zero attached hydrogens (tertiary/aromatic N) is 2. The maximum absolute atomic E-state index is 14.7. The second-order valence-corrected chi connectivity index (χ2v) is 15.7. The molecule has 4 aromatic rings. The minimum atomic E-state index is -4.16. The molecule has 0 aromatic heterocycles. The van der Waals surface area contributed by atoms with Crippen molar-refractivity contribution in [1.82, 2.24) is 10.2 Å². The van der Waals surface area contributed by atoms with Crippen molar-refractivity contribution >= 4 is 59.4 Å². The number of carbonyl (C=O) groups excluding carboxylic acids is 2. The van der Waals surface area contributed by atoms with Gasteiger partial charge >= 0.3 is 0 Å². The molecule has 1 atom stereocenters. The molecule has 0 radical (unpaired) electrons. The average molecular weight is 782 g/mol. The van der Waals surface area contributed by atoms with Crippen molar-refractivity contribution in [2.45, 2.75) is 69.0 Å². The Morgan fingerprint density at radius 2 is 1.47 bits per heavy atom. The fourth-order valence-electron chi connectivity index (χ4n) is 5.90. The average Bonchev–Trinajstić information content (AvgIpc) is 3.06. The van der Waals surface area contributed by atoms with E-state index in [0.717, 1.165) is 62.0 Å². The minimum Gasteiger partial charge on any atom is -0.352 e. The smallest absolute Gasteiger partial charge is 0.264 e. The van der Waals surface area contributed by atoms with Gasteiger partial charge in [-0.15, -0.1) is 0 Å². The van der Waals surface area contributed by atoms with Gasteiger partial charge in [-0.2, -0.15) is 0 Å². The number of hydrogen-bond donors (Lipinski definition) is 1. The summed E-state index contributed by atoms with van der Waals surface area (Å²) >= 11 is 6.96. The van der Waals surface area contributed by atoms with Gasteiger partial charge in [0.25, 0.3) is 10.0 Å². The summed E-state index contributed by atoms with van der Waals surface area (Å²) < 4.78 is 31.2.